The second-order valence-corrected chi connectivity index (χ2v) is 5.89. The monoisotopic (exact) mass is 318 g/mol. The highest BCUT2D eigenvalue weighted by Crippen LogP contribution is 2.30. The Hall–Kier alpha value is -1.38. The molecule has 0 saturated carbocycles. The molecule has 0 aromatic heterocycles. The van der Waals surface area contributed by atoms with E-state index in [9.17, 15) is 4.79 Å². The molecule has 1 aliphatic rings. The molecule has 22 heavy (non-hydrogen) atoms. The van der Waals surface area contributed by atoms with Crippen molar-refractivity contribution in [3.05, 3.63) is 58.7 Å². The fourth-order valence-electron chi connectivity index (χ4n) is 2.91. The smallest absolute Gasteiger partial charge is 0.189 e. The summed E-state index contributed by atoms with van der Waals surface area (Å²) in [6.07, 6.45) is 3.88. The average molecular weight is 319 g/mol. The molecular weight excluding hydrogens is 296 g/mol. The fraction of sp³-hybridized carbons (Fsp3) is 0.421. The molecule has 1 aliphatic heterocycles. The number of alkyl halides is 1. The largest absolute Gasteiger partial charge is 0.371 e. The van der Waals surface area contributed by atoms with Crippen LogP contribution in [0.15, 0.2) is 53.1 Å². The average Bonchev–Trinajstić information content (AvgIpc) is 2.53. The van der Waals surface area contributed by atoms with Gasteiger partial charge in [0.05, 0.1) is 12.2 Å². The number of allylic oxidation sites excluding steroid dienone is 1. The molecule has 0 radical (unpaired) electrons. The minimum absolute atomic E-state index is 0.0253. The van der Waals surface area contributed by atoms with Crippen LogP contribution in [0.5, 0.6) is 0 Å². The van der Waals surface area contributed by atoms with Crippen molar-refractivity contribution in [2.45, 2.75) is 45.8 Å². The third kappa shape index (κ3) is 3.68. The van der Waals surface area contributed by atoms with E-state index in [1.807, 2.05) is 44.2 Å². The van der Waals surface area contributed by atoms with E-state index >= 15 is 0 Å². The molecule has 3 heteroatoms. The molecule has 1 aromatic carbocycles. The van der Waals surface area contributed by atoms with E-state index in [4.69, 9.17) is 16.3 Å². The van der Waals surface area contributed by atoms with Crippen LogP contribution in [0.2, 0.25) is 0 Å². The highest BCUT2D eigenvalue weighted by Gasteiger charge is 2.25. The molecule has 2 rings (SSSR count). The first-order chi connectivity index (χ1) is 10.6. The van der Waals surface area contributed by atoms with Gasteiger partial charge in [0.1, 0.15) is 0 Å². The Bertz CT molecular complexity index is 587. The molecule has 1 heterocycles. The van der Waals surface area contributed by atoms with Crippen molar-refractivity contribution in [2.24, 2.45) is 0 Å². The molecule has 0 N–H and O–H groups in total. The molecule has 0 aliphatic carbocycles. The van der Waals surface area contributed by atoms with Crippen molar-refractivity contribution in [3.8, 4) is 0 Å². The maximum Gasteiger partial charge on any atom is 0.189 e. The number of carbonyl (C=O) groups is 1. The Kier molecular flexibility index (Phi) is 5.98. The van der Waals surface area contributed by atoms with Crippen LogP contribution in [0, 0.1) is 0 Å². The van der Waals surface area contributed by atoms with E-state index < -0.39 is 0 Å². The highest BCUT2D eigenvalue weighted by molar-refractivity contribution is 6.21. The summed E-state index contributed by atoms with van der Waals surface area (Å²) in [5, 5.41) is 0. The van der Waals surface area contributed by atoms with Gasteiger partial charge in [0.25, 0.3) is 0 Å². The topological polar surface area (TPSA) is 26.3 Å². The molecule has 0 amide bonds. The lowest BCUT2D eigenvalue weighted by Gasteiger charge is -2.28. The number of halogens is 1. The standard InChI is InChI=1S/C19H23ClO2/c1-4-16(19(21)15-8-6-5-7-9-15)18(12-20)17-11-10-13(2)22-14(17)3/h5-9,11,13-14H,4,10,12H2,1-3H3/b18-16+. The van der Waals surface area contributed by atoms with Gasteiger partial charge in [0.2, 0.25) is 0 Å². The van der Waals surface area contributed by atoms with E-state index in [-0.39, 0.29) is 18.0 Å². The summed E-state index contributed by atoms with van der Waals surface area (Å²) < 4.78 is 5.89. The Labute approximate surface area is 137 Å². The molecule has 1 aromatic rings. The van der Waals surface area contributed by atoms with E-state index in [0.717, 1.165) is 23.1 Å². The van der Waals surface area contributed by atoms with Gasteiger partial charge in [0, 0.05) is 17.0 Å². The van der Waals surface area contributed by atoms with Gasteiger partial charge in [0.15, 0.2) is 5.78 Å². The fourth-order valence-corrected chi connectivity index (χ4v) is 3.23. The SMILES string of the molecule is CC/C(C(=O)c1ccccc1)=C(/CCl)C1=CCC(C)OC1C. The van der Waals surface area contributed by atoms with Gasteiger partial charge in [-0.15, -0.1) is 11.6 Å². The number of hydrogen-bond donors (Lipinski definition) is 0. The van der Waals surface area contributed by atoms with Crippen molar-refractivity contribution in [1.82, 2.24) is 0 Å². The molecule has 0 bridgehead atoms. The first-order valence-corrected chi connectivity index (χ1v) is 8.35. The summed E-state index contributed by atoms with van der Waals surface area (Å²) in [5.74, 6) is 0.390. The van der Waals surface area contributed by atoms with Crippen LogP contribution in [0.4, 0.5) is 0 Å². The minimum Gasteiger partial charge on any atom is -0.371 e. The van der Waals surface area contributed by atoms with Crippen LogP contribution >= 0.6 is 11.6 Å². The zero-order valence-electron chi connectivity index (χ0n) is 13.4. The van der Waals surface area contributed by atoms with Crippen LogP contribution in [-0.2, 0) is 4.74 Å². The molecule has 0 spiro atoms. The van der Waals surface area contributed by atoms with Gasteiger partial charge in [-0.25, -0.2) is 0 Å². The summed E-state index contributed by atoms with van der Waals surface area (Å²) in [6.45, 7) is 6.08. The Morgan fingerprint density at radius 3 is 2.50 bits per heavy atom. The van der Waals surface area contributed by atoms with Crippen molar-refractivity contribution < 1.29 is 9.53 Å². The Morgan fingerprint density at radius 1 is 1.27 bits per heavy atom. The number of ketones is 1. The Morgan fingerprint density at radius 2 is 1.95 bits per heavy atom. The van der Waals surface area contributed by atoms with Crippen molar-refractivity contribution >= 4 is 17.4 Å². The van der Waals surface area contributed by atoms with Crippen LogP contribution in [0.25, 0.3) is 0 Å². The Balaban J connectivity index is 2.43. The normalized spacial score (nSPS) is 22.8. The van der Waals surface area contributed by atoms with Crippen LogP contribution in [0.1, 0.15) is 44.0 Å². The predicted octanol–water partition coefficient (Wildman–Crippen LogP) is 4.94. The molecule has 2 unspecified atom stereocenters. The van der Waals surface area contributed by atoms with E-state index in [0.29, 0.717) is 17.9 Å². The van der Waals surface area contributed by atoms with Gasteiger partial charge in [-0.1, -0.05) is 43.3 Å². The van der Waals surface area contributed by atoms with E-state index in [2.05, 4.69) is 13.0 Å². The minimum atomic E-state index is -0.0253. The van der Waals surface area contributed by atoms with Crippen molar-refractivity contribution in [3.63, 3.8) is 0 Å². The molecular formula is C19H23ClO2. The molecule has 2 atom stereocenters. The third-order valence-electron chi connectivity index (χ3n) is 4.05. The molecule has 2 nitrogen and oxygen atoms in total. The van der Waals surface area contributed by atoms with E-state index in [1.54, 1.807) is 0 Å². The summed E-state index contributed by atoms with van der Waals surface area (Å²) in [4.78, 5) is 12.8. The van der Waals surface area contributed by atoms with Gasteiger partial charge in [-0.2, -0.15) is 0 Å². The second-order valence-electron chi connectivity index (χ2n) is 5.62. The number of carbonyl (C=O) groups excluding carboxylic acids is 1. The first-order valence-electron chi connectivity index (χ1n) is 7.82. The second kappa shape index (κ2) is 7.75. The van der Waals surface area contributed by atoms with Gasteiger partial charge < -0.3 is 4.74 Å². The number of ether oxygens (including phenoxy) is 1. The molecule has 0 saturated heterocycles. The van der Waals surface area contributed by atoms with Crippen LogP contribution in [0.3, 0.4) is 0 Å². The molecule has 0 fully saturated rings. The predicted molar refractivity (Wildman–Crippen MR) is 91.5 cm³/mol. The summed E-state index contributed by atoms with van der Waals surface area (Å²) in [6, 6.07) is 9.38. The summed E-state index contributed by atoms with van der Waals surface area (Å²) in [7, 11) is 0. The van der Waals surface area contributed by atoms with Crippen molar-refractivity contribution in [2.75, 3.05) is 5.88 Å². The van der Waals surface area contributed by atoms with Gasteiger partial charge in [-0.05, 0) is 37.8 Å². The van der Waals surface area contributed by atoms with Crippen LogP contribution in [-0.4, -0.2) is 23.9 Å². The first kappa shape index (κ1) is 17.0. The third-order valence-corrected chi connectivity index (χ3v) is 4.32. The maximum absolute atomic E-state index is 12.8. The van der Waals surface area contributed by atoms with Crippen LogP contribution < -0.4 is 0 Å². The van der Waals surface area contributed by atoms with E-state index in [1.165, 1.54) is 0 Å². The van der Waals surface area contributed by atoms with Gasteiger partial charge >= 0.3 is 0 Å². The zero-order chi connectivity index (χ0) is 16.1. The summed E-state index contributed by atoms with van der Waals surface area (Å²) >= 11 is 6.20. The maximum atomic E-state index is 12.8. The highest BCUT2D eigenvalue weighted by atomic mass is 35.5. The number of Topliss-reactive ketones (excluding diaryl/α,β-unsaturated/α-hetero) is 1. The summed E-state index contributed by atoms with van der Waals surface area (Å²) in [5.41, 5.74) is 3.49. The number of rotatable bonds is 5. The number of benzene rings is 1. The lowest BCUT2D eigenvalue weighted by molar-refractivity contribution is 0.0214. The van der Waals surface area contributed by atoms with Crippen molar-refractivity contribution in [1.29, 1.82) is 0 Å². The lowest BCUT2D eigenvalue weighted by atomic mass is 9.89. The quantitative estimate of drug-likeness (QED) is 0.437. The number of hydrogen-bond acceptors (Lipinski definition) is 2. The lowest BCUT2D eigenvalue weighted by Crippen LogP contribution is -2.26. The van der Waals surface area contributed by atoms with Gasteiger partial charge in [-0.3, -0.25) is 4.79 Å². The zero-order valence-corrected chi connectivity index (χ0v) is 14.2. The molecule has 118 valence electrons.